The van der Waals surface area contributed by atoms with Gasteiger partial charge in [-0.2, -0.15) is 0 Å². The van der Waals surface area contributed by atoms with E-state index < -0.39 is 5.63 Å². The van der Waals surface area contributed by atoms with Crippen LogP contribution in [-0.4, -0.2) is 15.3 Å². The molecule has 26 heavy (non-hydrogen) atoms. The standard InChI is InChI=1S/C19H14N2O4S/c1-11-2-4-12(5-3-11)18-20-21-19(25-18)26-10-13-8-17(23)24-16-9-14(22)6-7-15(13)16/h2-9,22H,10H2,1H3. The summed E-state index contributed by atoms with van der Waals surface area (Å²) in [5.74, 6) is 0.961. The second-order valence-corrected chi connectivity index (χ2v) is 6.73. The Kier molecular flexibility index (Phi) is 4.22. The molecule has 7 heteroatoms. The maximum atomic E-state index is 11.7. The smallest absolute Gasteiger partial charge is 0.336 e. The van der Waals surface area contributed by atoms with Crippen LogP contribution in [-0.2, 0) is 5.75 Å². The van der Waals surface area contributed by atoms with E-state index in [2.05, 4.69) is 10.2 Å². The fourth-order valence-electron chi connectivity index (χ4n) is 2.56. The average Bonchev–Trinajstić information content (AvgIpc) is 3.08. The Morgan fingerprint density at radius 1 is 1.04 bits per heavy atom. The zero-order valence-corrected chi connectivity index (χ0v) is 14.6. The molecule has 0 aliphatic carbocycles. The van der Waals surface area contributed by atoms with Gasteiger partial charge in [0.1, 0.15) is 11.3 Å². The molecule has 0 amide bonds. The molecule has 0 aliphatic heterocycles. The van der Waals surface area contributed by atoms with E-state index in [0.717, 1.165) is 22.1 Å². The van der Waals surface area contributed by atoms with Gasteiger partial charge in [0.25, 0.3) is 5.22 Å². The fraction of sp³-hybridized carbons (Fsp3) is 0.105. The molecule has 0 spiro atoms. The zero-order valence-electron chi connectivity index (χ0n) is 13.8. The summed E-state index contributed by atoms with van der Waals surface area (Å²) in [5, 5.41) is 18.8. The number of aromatic nitrogens is 2. The summed E-state index contributed by atoms with van der Waals surface area (Å²) >= 11 is 1.34. The Hall–Kier alpha value is -3.06. The first-order valence-electron chi connectivity index (χ1n) is 7.87. The van der Waals surface area contributed by atoms with Crippen LogP contribution in [0.15, 0.2) is 67.4 Å². The van der Waals surface area contributed by atoms with Gasteiger partial charge in [-0.05, 0) is 36.8 Å². The molecule has 0 unspecified atom stereocenters. The van der Waals surface area contributed by atoms with Crippen LogP contribution in [0, 0.1) is 6.92 Å². The van der Waals surface area contributed by atoms with Crippen molar-refractivity contribution in [3.63, 3.8) is 0 Å². The largest absolute Gasteiger partial charge is 0.508 e. The third kappa shape index (κ3) is 3.34. The van der Waals surface area contributed by atoms with Crippen molar-refractivity contribution in [1.29, 1.82) is 0 Å². The van der Waals surface area contributed by atoms with Crippen LogP contribution in [0.2, 0.25) is 0 Å². The van der Waals surface area contributed by atoms with E-state index in [9.17, 15) is 9.90 Å². The molecule has 2 aromatic carbocycles. The molecule has 2 aromatic heterocycles. The number of phenolic OH excluding ortho intramolecular Hbond substituents is 1. The van der Waals surface area contributed by atoms with Gasteiger partial charge in [0.05, 0.1) is 0 Å². The molecule has 130 valence electrons. The molecule has 0 radical (unpaired) electrons. The van der Waals surface area contributed by atoms with Crippen LogP contribution in [0.25, 0.3) is 22.4 Å². The van der Waals surface area contributed by atoms with E-state index in [0.29, 0.717) is 22.4 Å². The van der Waals surface area contributed by atoms with Gasteiger partial charge in [0.15, 0.2) is 0 Å². The molecular weight excluding hydrogens is 352 g/mol. The lowest BCUT2D eigenvalue weighted by Crippen LogP contribution is -1.99. The van der Waals surface area contributed by atoms with E-state index >= 15 is 0 Å². The Morgan fingerprint density at radius 2 is 1.85 bits per heavy atom. The molecule has 4 rings (SSSR count). The van der Waals surface area contributed by atoms with Gasteiger partial charge in [0, 0.05) is 28.8 Å². The van der Waals surface area contributed by atoms with Crippen molar-refractivity contribution in [1.82, 2.24) is 10.2 Å². The summed E-state index contributed by atoms with van der Waals surface area (Å²) in [7, 11) is 0. The molecule has 0 bridgehead atoms. The van der Waals surface area contributed by atoms with Crippen molar-refractivity contribution < 1.29 is 13.9 Å². The van der Waals surface area contributed by atoms with Crippen LogP contribution in [0.3, 0.4) is 0 Å². The summed E-state index contributed by atoms with van der Waals surface area (Å²) < 4.78 is 10.8. The number of hydrogen-bond donors (Lipinski definition) is 1. The van der Waals surface area contributed by atoms with Gasteiger partial charge in [0.2, 0.25) is 5.89 Å². The van der Waals surface area contributed by atoms with Gasteiger partial charge in [-0.25, -0.2) is 4.79 Å². The number of phenols is 1. The Morgan fingerprint density at radius 3 is 2.65 bits per heavy atom. The van der Waals surface area contributed by atoms with Gasteiger partial charge < -0.3 is 13.9 Å². The Balaban J connectivity index is 1.57. The molecule has 2 heterocycles. The Bertz CT molecular complexity index is 1130. The number of nitrogens with zero attached hydrogens (tertiary/aromatic N) is 2. The Labute approximate surface area is 152 Å². The minimum Gasteiger partial charge on any atom is -0.508 e. The van der Waals surface area contributed by atoms with Gasteiger partial charge in [-0.1, -0.05) is 29.5 Å². The van der Waals surface area contributed by atoms with Gasteiger partial charge in [-0.15, -0.1) is 10.2 Å². The lowest BCUT2D eigenvalue weighted by atomic mass is 10.1. The normalized spacial score (nSPS) is 11.1. The number of aromatic hydroxyl groups is 1. The lowest BCUT2D eigenvalue weighted by molar-refractivity contribution is 0.465. The molecule has 0 aliphatic rings. The number of hydrogen-bond acceptors (Lipinski definition) is 7. The second kappa shape index (κ2) is 6.68. The molecular formula is C19H14N2O4S. The summed E-state index contributed by atoms with van der Waals surface area (Å²) in [6.07, 6.45) is 0. The minimum absolute atomic E-state index is 0.0464. The molecule has 0 saturated heterocycles. The SMILES string of the molecule is Cc1ccc(-c2nnc(SCc3cc(=O)oc4cc(O)ccc34)o2)cc1. The van der Waals surface area contributed by atoms with Crippen LogP contribution in [0.5, 0.6) is 5.75 Å². The van der Waals surface area contributed by atoms with Gasteiger partial charge >= 0.3 is 5.63 Å². The molecule has 0 atom stereocenters. The van der Waals surface area contributed by atoms with Crippen molar-refractivity contribution in [3.05, 3.63) is 70.1 Å². The van der Waals surface area contributed by atoms with E-state index in [1.54, 1.807) is 12.1 Å². The summed E-state index contributed by atoms with van der Waals surface area (Å²) in [6, 6.07) is 14.0. The first-order valence-corrected chi connectivity index (χ1v) is 8.86. The maximum absolute atomic E-state index is 11.7. The summed E-state index contributed by atoms with van der Waals surface area (Å²) in [4.78, 5) is 11.7. The van der Waals surface area contributed by atoms with Crippen LogP contribution < -0.4 is 5.63 Å². The van der Waals surface area contributed by atoms with Crippen molar-refractivity contribution >= 4 is 22.7 Å². The number of benzene rings is 2. The highest BCUT2D eigenvalue weighted by Crippen LogP contribution is 2.29. The number of thioether (sulfide) groups is 1. The predicted molar refractivity (Wildman–Crippen MR) is 98.2 cm³/mol. The van der Waals surface area contributed by atoms with Crippen molar-refractivity contribution in [2.45, 2.75) is 17.9 Å². The topological polar surface area (TPSA) is 89.4 Å². The summed E-state index contributed by atoms with van der Waals surface area (Å²) in [6.45, 7) is 2.01. The van der Waals surface area contributed by atoms with Crippen LogP contribution >= 0.6 is 11.8 Å². The monoisotopic (exact) mass is 366 g/mol. The van der Waals surface area contributed by atoms with Crippen molar-refractivity contribution in [2.75, 3.05) is 0 Å². The lowest BCUT2D eigenvalue weighted by Gasteiger charge is -2.04. The minimum atomic E-state index is -0.468. The van der Waals surface area contributed by atoms with Crippen molar-refractivity contribution in [2.24, 2.45) is 0 Å². The first-order chi connectivity index (χ1) is 12.6. The fourth-order valence-corrected chi connectivity index (χ4v) is 3.31. The summed E-state index contributed by atoms with van der Waals surface area (Å²) in [5.41, 5.74) is 2.67. The maximum Gasteiger partial charge on any atom is 0.336 e. The predicted octanol–water partition coefficient (Wildman–Crippen LogP) is 4.15. The first kappa shape index (κ1) is 16.4. The number of aryl methyl sites for hydroxylation is 1. The third-order valence-electron chi connectivity index (χ3n) is 3.87. The van der Waals surface area contributed by atoms with E-state index in [1.807, 2.05) is 31.2 Å². The van der Waals surface area contributed by atoms with Crippen molar-refractivity contribution in [3.8, 4) is 17.2 Å². The van der Waals surface area contributed by atoms with Gasteiger partial charge in [-0.3, -0.25) is 0 Å². The highest BCUT2D eigenvalue weighted by molar-refractivity contribution is 7.98. The molecule has 1 N–H and O–H groups in total. The third-order valence-corrected chi connectivity index (χ3v) is 4.74. The zero-order chi connectivity index (χ0) is 18.1. The molecule has 4 aromatic rings. The van der Waals surface area contributed by atoms with E-state index in [4.69, 9.17) is 8.83 Å². The number of fused-ring (bicyclic) bond motifs is 1. The average molecular weight is 366 g/mol. The number of rotatable bonds is 4. The van der Waals surface area contributed by atoms with E-state index in [-0.39, 0.29) is 5.75 Å². The van der Waals surface area contributed by atoms with E-state index in [1.165, 1.54) is 23.9 Å². The van der Waals surface area contributed by atoms with Crippen LogP contribution in [0.1, 0.15) is 11.1 Å². The molecule has 0 saturated carbocycles. The second-order valence-electron chi connectivity index (χ2n) is 5.80. The highest BCUT2D eigenvalue weighted by Gasteiger charge is 2.12. The molecule has 0 fully saturated rings. The molecule has 6 nitrogen and oxygen atoms in total. The quantitative estimate of drug-likeness (QED) is 0.429. The highest BCUT2D eigenvalue weighted by atomic mass is 32.2. The van der Waals surface area contributed by atoms with Crippen LogP contribution in [0.4, 0.5) is 0 Å².